The van der Waals surface area contributed by atoms with Crippen molar-refractivity contribution in [2.75, 3.05) is 41.3 Å². The van der Waals surface area contributed by atoms with E-state index in [1.54, 1.807) is 18.5 Å². The van der Waals surface area contributed by atoms with Crippen molar-refractivity contribution in [3.05, 3.63) is 60.3 Å². The van der Waals surface area contributed by atoms with Crippen LogP contribution in [0.5, 0.6) is 0 Å². The highest BCUT2D eigenvalue weighted by Gasteiger charge is 2.21. The molecule has 4 rings (SSSR count). The molecule has 1 saturated heterocycles. The summed E-state index contributed by atoms with van der Waals surface area (Å²) in [4.78, 5) is 21.1. The molecule has 3 heterocycles. The van der Waals surface area contributed by atoms with Crippen molar-refractivity contribution >= 4 is 23.4 Å². The molecule has 0 bridgehead atoms. The van der Waals surface area contributed by atoms with Gasteiger partial charge in [0.15, 0.2) is 17.5 Å². The summed E-state index contributed by atoms with van der Waals surface area (Å²) in [6.07, 6.45) is 4.92. The van der Waals surface area contributed by atoms with E-state index in [0.29, 0.717) is 38.1 Å². The zero-order chi connectivity index (χ0) is 19.5. The number of benzene rings is 1. The van der Waals surface area contributed by atoms with Gasteiger partial charge in [-0.05, 0) is 24.3 Å². The Morgan fingerprint density at radius 3 is 2.11 bits per heavy atom. The van der Waals surface area contributed by atoms with Crippen LogP contribution in [-0.4, -0.2) is 46.1 Å². The number of hydrogen-bond donors (Lipinski definition) is 1. The van der Waals surface area contributed by atoms with E-state index in [1.807, 2.05) is 4.90 Å². The molecule has 2 aromatic heterocycles. The Morgan fingerprint density at radius 1 is 0.750 bits per heavy atom. The van der Waals surface area contributed by atoms with Crippen molar-refractivity contribution in [1.29, 1.82) is 0 Å². The average Bonchev–Trinajstić information content (AvgIpc) is 2.75. The molecule has 1 N–H and O–H groups in total. The van der Waals surface area contributed by atoms with E-state index in [2.05, 4.69) is 30.2 Å². The van der Waals surface area contributed by atoms with Gasteiger partial charge >= 0.3 is 0 Å². The summed E-state index contributed by atoms with van der Waals surface area (Å²) in [6, 6.07) is 5.27. The zero-order valence-corrected chi connectivity index (χ0v) is 14.7. The van der Waals surface area contributed by atoms with Crippen LogP contribution in [0, 0.1) is 17.5 Å². The summed E-state index contributed by atoms with van der Waals surface area (Å²) in [6.45, 7) is 2.70. The Labute approximate surface area is 158 Å². The van der Waals surface area contributed by atoms with Crippen LogP contribution in [0.2, 0.25) is 0 Å². The van der Waals surface area contributed by atoms with Gasteiger partial charge in [0, 0.05) is 44.8 Å². The van der Waals surface area contributed by atoms with Crippen molar-refractivity contribution in [2.45, 2.75) is 0 Å². The van der Waals surface area contributed by atoms with Gasteiger partial charge in [0.1, 0.15) is 5.82 Å². The minimum atomic E-state index is -1.53. The third-order valence-corrected chi connectivity index (χ3v) is 4.34. The maximum absolute atomic E-state index is 13.9. The van der Waals surface area contributed by atoms with Crippen molar-refractivity contribution < 1.29 is 13.2 Å². The molecule has 0 unspecified atom stereocenters. The molecule has 144 valence electrons. The first-order valence-corrected chi connectivity index (χ1v) is 8.62. The van der Waals surface area contributed by atoms with Crippen molar-refractivity contribution in [3.63, 3.8) is 0 Å². The van der Waals surface area contributed by atoms with Gasteiger partial charge in [-0.1, -0.05) is 0 Å². The summed E-state index contributed by atoms with van der Waals surface area (Å²) < 4.78 is 40.3. The maximum Gasteiger partial charge on any atom is 0.227 e. The molecule has 0 spiro atoms. The SMILES string of the molecule is Fc1ccc(Nc2ccnc(N3CCN(c4ncccn4)CC3)n2)c(F)c1F. The van der Waals surface area contributed by atoms with Crippen LogP contribution < -0.4 is 15.1 Å². The second-order valence-electron chi connectivity index (χ2n) is 6.11. The zero-order valence-electron chi connectivity index (χ0n) is 14.7. The highest BCUT2D eigenvalue weighted by molar-refractivity contribution is 5.58. The Kier molecular flexibility index (Phi) is 4.92. The number of piperazine rings is 1. The summed E-state index contributed by atoms with van der Waals surface area (Å²) in [7, 11) is 0. The molecular weight excluding hydrogens is 371 g/mol. The van der Waals surface area contributed by atoms with Gasteiger partial charge in [0.2, 0.25) is 11.9 Å². The van der Waals surface area contributed by atoms with Crippen LogP contribution in [0.3, 0.4) is 0 Å². The first-order valence-electron chi connectivity index (χ1n) is 8.62. The van der Waals surface area contributed by atoms with Gasteiger partial charge in [-0.15, -0.1) is 0 Å². The van der Waals surface area contributed by atoms with E-state index in [9.17, 15) is 13.2 Å². The summed E-state index contributed by atoms with van der Waals surface area (Å²) >= 11 is 0. The summed E-state index contributed by atoms with van der Waals surface area (Å²) in [5.74, 6) is -2.65. The molecule has 3 aromatic rings. The minimum Gasteiger partial charge on any atom is -0.338 e. The molecule has 1 fully saturated rings. The number of nitrogens with one attached hydrogen (secondary N) is 1. The predicted octanol–water partition coefficient (Wildman–Crippen LogP) is 2.75. The quantitative estimate of drug-likeness (QED) is 0.691. The lowest BCUT2D eigenvalue weighted by molar-refractivity contribution is 0.449. The van der Waals surface area contributed by atoms with E-state index in [4.69, 9.17) is 0 Å². The Bertz CT molecular complexity index is 963. The lowest BCUT2D eigenvalue weighted by Crippen LogP contribution is -2.47. The molecule has 1 aromatic carbocycles. The van der Waals surface area contributed by atoms with E-state index in [0.717, 1.165) is 12.1 Å². The van der Waals surface area contributed by atoms with Gasteiger partial charge in [-0.2, -0.15) is 4.98 Å². The van der Waals surface area contributed by atoms with Crippen LogP contribution in [0.25, 0.3) is 0 Å². The van der Waals surface area contributed by atoms with Crippen molar-refractivity contribution in [2.24, 2.45) is 0 Å². The van der Waals surface area contributed by atoms with E-state index >= 15 is 0 Å². The van der Waals surface area contributed by atoms with Gasteiger partial charge in [-0.3, -0.25) is 0 Å². The van der Waals surface area contributed by atoms with Crippen molar-refractivity contribution in [1.82, 2.24) is 19.9 Å². The number of nitrogens with zero attached hydrogens (tertiary/aromatic N) is 6. The Balaban J connectivity index is 1.45. The molecule has 1 aliphatic rings. The first-order chi connectivity index (χ1) is 13.6. The molecule has 0 atom stereocenters. The van der Waals surface area contributed by atoms with Crippen molar-refractivity contribution in [3.8, 4) is 0 Å². The third kappa shape index (κ3) is 3.66. The first kappa shape index (κ1) is 18.0. The largest absolute Gasteiger partial charge is 0.338 e. The number of anilines is 4. The molecule has 0 radical (unpaired) electrons. The summed E-state index contributed by atoms with van der Waals surface area (Å²) in [5.41, 5.74) is -0.199. The van der Waals surface area contributed by atoms with Gasteiger partial charge in [-0.25, -0.2) is 28.1 Å². The fraction of sp³-hybridized carbons (Fsp3) is 0.222. The maximum atomic E-state index is 13.9. The normalized spacial score (nSPS) is 14.2. The fourth-order valence-corrected chi connectivity index (χ4v) is 2.89. The number of halogens is 3. The van der Waals surface area contributed by atoms with E-state index in [1.165, 1.54) is 12.3 Å². The lowest BCUT2D eigenvalue weighted by Gasteiger charge is -2.34. The second-order valence-corrected chi connectivity index (χ2v) is 6.11. The monoisotopic (exact) mass is 387 g/mol. The summed E-state index contributed by atoms with van der Waals surface area (Å²) in [5, 5.41) is 2.66. The smallest absolute Gasteiger partial charge is 0.227 e. The number of hydrogen-bond acceptors (Lipinski definition) is 7. The average molecular weight is 387 g/mol. The van der Waals surface area contributed by atoms with E-state index in [-0.39, 0.29) is 11.5 Å². The minimum absolute atomic E-state index is 0.199. The third-order valence-electron chi connectivity index (χ3n) is 4.34. The fourth-order valence-electron chi connectivity index (χ4n) is 2.89. The van der Waals surface area contributed by atoms with Crippen LogP contribution in [0.15, 0.2) is 42.9 Å². The highest BCUT2D eigenvalue weighted by atomic mass is 19.2. The molecular formula is C18H16F3N7. The van der Waals surface area contributed by atoms with Gasteiger partial charge in [0.25, 0.3) is 0 Å². The highest BCUT2D eigenvalue weighted by Crippen LogP contribution is 2.23. The standard InChI is InChI=1S/C18H16F3N7/c19-12-2-3-13(16(21)15(12)20)25-14-4-7-24-18(26-14)28-10-8-27(9-11-28)17-22-5-1-6-23-17/h1-7H,8-11H2,(H,24,25,26). The second kappa shape index (κ2) is 7.67. The molecule has 10 heteroatoms. The van der Waals surface area contributed by atoms with Crippen LogP contribution in [0.4, 0.5) is 36.6 Å². The van der Waals surface area contributed by atoms with Gasteiger partial charge < -0.3 is 15.1 Å². The van der Waals surface area contributed by atoms with Gasteiger partial charge in [0.05, 0.1) is 5.69 Å². The number of aromatic nitrogens is 4. The molecule has 0 aliphatic carbocycles. The van der Waals surface area contributed by atoms with E-state index < -0.39 is 17.5 Å². The molecule has 0 saturated carbocycles. The molecule has 28 heavy (non-hydrogen) atoms. The van der Waals surface area contributed by atoms with Crippen LogP contribution in [-0.2, 0) is 0 Å². The Morgan fingerprint density at radius 2 is 1.39 bits per heavy atom. The van der Waals surface area contributed by atoms with Crippen LogP contribution in [0.1, 0.15) is 0 Å². The Hall–Kier alpha value is -3.43. The predicted molar refractivity (Wildman–Crippen MR) is 98.1 cm³/mol. The lowest BCUT2D eigenvalue weighted by atomic mass is 10.3. The molecule has 7 nitrogen and oxygen atoms in total. The number of rotatable bonds is 4. The van der Waals surface area contributed by atoms with Crippen LogP contribution >= 0.6 is 0 Å². The molecule has 0 amide bonds. The topological polar surface area (TPSA) is 70.1 Å². The molecule has 1 aliphatic heterocycles.